The third-order valence-electron chi connectivity index (χ3n) is 5.16. The lowest BCUT2D eigenvalue weighted by Crippen LogP contribution is -2.45. The molecule has 2 aromatic carbocycles. The zero-order chi connectivity index (χ0) is 19.5. The minimum absolute atomic E-state index is 0.0872. The van der Waals surface area contributed by atoms with Crippen molar-refractivity contribution in [2.45, 2.75) is 19.7 Å². The van der Waals surface area contributed by atoms with E-state index in [4.69, 9.17) is 21.1 Å². The smallest absolute Gasteiger partial charge is 0.270 e. The van der Waals surface area contributed by atoms with Crippen LogP contribution in [0.3, 0.4) is 0 Å². The second-order valence-electron chi connectivity index (χ2n) is 7.14. The molecule has 1 fully saturated rings. The molecule has 2 aliphatic rings. The number of nitrogens with zero attached hydrogens (tertiary/aromatic N) is 3. The van der Waals surface area contributed by atoms with Gasteiger partial charge in [0.2, 0.25) is 0 Å². The Morgan fingerprint density at radius 3 is 2.39 bits per heavy atom. The first-order valence-electron chi connectivity index (χ1n) is 9.28. The van der Waals surface area contributed by atoms with Crippen LogP contribution in [0.2, 0.25) is 5.02 Å². The van der Waals surface area contributed by atoms with Gasteiger partial charge in [-0.05, 0) is 17.7 Å². The number of ether oxygens (including phenoxy) is 2. The molecule has 2 aromatic rings. The minimum Gasteiger partial charge on any atom is -0.467 e. The predicted molar refractivity (Wildman–Crippen MR) is 105 cm³/mol. The molecular formula is C20H22ClN3O4. The van der Waals surface area contributed by atoms with Crippen molar-refractivity contribution >= 4 is 17.3 Å². The fraction of sp³-hybridized carbons (Fsp3) is 0.400. The van der Waals surface area contributed by atoms with E-state index in [1.54, 1.807) is 12.1 Å². The van der Waals surface area contributed by atoms with E-state index < -0.39 is 0 Å². The third-order valence-corrected chi connectivity index (χ3v) is 5.41. The van der Waals surface area contributed by atoms with Crippen LogP contribution in [-0.4, -0.2) is 47.7 Å². The van der Waals surface area contributed by atoms with E-state index in [0.29, 0.717) is 13.2 Å². The molecule has 0 radical (unpaired) electrons. The molecule has 0 N–H and O–H groups in total. The maximum Gasteiger partial charge on any atom is 0.270 e. The van der Waals surface area contributed by atoms with Gasteiger partial charge in [0.05, 0.1) is 11.5 Å². The molecule has 2 aliphatic heterocycles. The second kappa shape index (κ2) is 8.45. The number of halogens is 1. The molecule has 148 valence electrons. The number of hydrogen-bond acceptors (Lipinski definition) is 6. The first-order valence-corrected chi connectivity index (χ1v) is 9.66. The van der Waals surface area contributed by atoms with Gasteiger partial charge in [-0.15, -0.1) is 0 Å². The molecule has 0 spiro atoms. The van der Waals surface area contributed by atoms with Crippen LogP contribution in [0.15, 0.2) is 36.4 Å². The number of non-ortho nitro benzene ring substituents is 1. The fourth-order valence-electron chi connectivity index (χ4n) is 3.70. The van der Waals surface area contributed by atoms with Gasteiger partial charge in [0.1, 0.15) is 5.75 Å². The van der Waals surface area contributed by atoms with Crippen LogP contribution in [0.5, 0.6) is 5.75 Å². The lowest BCUT2D eigenvalue weighted by Gasteiger charge is -2.35. The molecule has 8 heteroatoms. The van der Waals surface area contributed by atoms with Crippen molar-refractivity contribution in [1.82, 2.24) is 9.80 Å². The molecule has 7 nitrogen and oxygen atoms in total. The van der Waals surface area contributed by atoms with Crippen molar-refractivity contribution in [3.8, 4) is 5.75 Å². The highest BCUT2D eigenvalue weighted by Crippen LogP contribution is 2.33. The maximum absolute atomic E-state index is 11.3. The van der Waals surface area contributed by atoms with Gasteiger partial charge in [0, 0.05) is 67.6 Å². The van der Waals surface area contributed by atoms with Gasteiger partial charge in [0.25, 0.3) is 5.69 Å². The summed E-state index contributed by atoms with van der Waals surface area (Å²) in [6.07, 6.45) is 0. The summed E-state index contributed by atoms with van der Waals surface area (Å²) in [6.45, 7) is 5.78. The van der Waals surface area contributed by atoms with Crippen LogP contribution in [-0.2, 0) is 24.4 Å². The van der Waals surface area contributed by atoms with Crippen molar-refractivity contribution in [3.05, 3.63) is 68.2 Å². The Labute approximate surface area is 168 Å². The summed E-state index contributed by atoms with van der Waals surface area (Å²) < 4.78 is 10.9. The first kappa shape index (κ1) is 19.1. The first-order chi connectivity index (χ1) is 13.6. The van der Waals surface area contributed by atoms with Crippen molar-refractivity contribution in [3.63, 3.8) is 0 Å². The number of benzene rings is 2. The Hall–Kier alpha value is -2.19. The summed E-state index contributed by atoms with van der Waals surface area (Å²) in [5.41, 5.74) is 2.94. The van der Waals surface area contributed by atoms with Gasteiger partial charge >= 0.3 is 0 Å². The molecule has 4 rings (SSSR count). The van der Waals surface area contributed by atoms with Crippen LogP contribution in [0, 0.1) is 10.1 Å². The highest BCUT2D eigenvalue weighted by molar-refractivity contribution is 6.30. The molecule has 0 atom stereocenters. The van der Waals surface area contributed by atoms with E-state index in [-0.39, 0.29) is 17.4 Å². The topological polar surface area (TPSA) is 68.1 Å². The van der Waals surface area contributed by atoms with Crippen LogP contribution >= 0.6 is 11.6 Å². The van der Waals surface area contributed by atoms with Crippen molar-refractivity contribution in [2.75, 3.05) is 33.0 Å². The van der Waals surface area contributed by atoms with Crippen molar-refractivity contribution < 1.29 is 14.4 Å². The predicted octanol–water partition coefficient (Wildman–Crippen LogP) is 3.43. The largest absolute Gasteiger partial charge is 0.467 e. The number of rotatable bonds is 5. The number of hydrogen-bond donors (Lipinski definition) is 0. The number of fused-ring (bicyclic) bond motifs is 1. The monoisotopic (exact) mass is 403 g/mol. The Morgan fingerprint density at radius 2 is 1.71 bits per heavy atom. The van der Waals surface area contributed by atoms with Gasteiger partial charge in [-0.3, -0.25) is 19.9 Å². The zero-order valence-electron chi connectivity index (χ0n) is 15.5. The summed E-state index contributed by atoms with van der Waals surface area (Å²) in [6, 6.07) is 11.1. The third kappa shape index (κ3) is 4.44. The molecule has 0 amide bonds. The molecule has 1 saturated heterocycles. The van der Waals surface area contributed by atoms with Crippen LogP contribution in [0.25, 0.3) is 0 Å². The fourth-order valence-corrected chi connectivity index (χ4v) is 3.82. The Morgan fingerprint density at radius 1 is 1.04 bits per heavy atom. The molecule has 0 bridgehead atoms. The minimum atomic E-state index is -0.359. The second-order valence-corrected chi connectivity index (χ2v) is 7.58. The van der Waals surface area contributed by atoms with E-state index >= 15 is 0 Å². The summed E-state index contributed by atoms with van der Waals surface area (Å²) >= 11 is 5.95. The van der Waals surface area contributed by atoms with Gasteiger partial charge in [-0.2, -0.15) is 0 Å². The van der Waals surface area contributed by atoms with E-state index in [1.165, 1.54) is 5.56 Å². The number of piperazine rings is 1. The number of nitro benzene ring substituents is 1. The number of nitro groups is 1. The Bertz CT molecular complexity index is 851. The summed E-state index contributed by atoms with van der Waals surface area (Å²) in [5, 5.41) is 12.0. The summed E-state index contributed by atoms with van der Waals surface area (Å²) in [4.78, 5) is 15.6. The molecule has 2 heterocycles. The quantitative estimate of drug-likeness (QED) is 0.562. The van der Waals surface area contributed by atoms with Crippen LogP contribution in [0.1, 0.15) is 16.7 Å². The highest BCUT2D eigenvalue weighted by Gasteiger charge is 2.24. The van der Waals surface area contributed by atoms with Gasteiger partial charge in [-0.1, -0.05) is 23.7 Å². The van der Waals surface area contributed by atoms with E-state index in [9.17, 15) is 10.1 Å². The molecular weight excluding hydrogens is 382 g/mol. The summed E-state index contributed by atoms with van der Waals surface area (Å²) in [7, 11) is 0. The van der Waals surface area contributed by atoms with E-state index in [1.807, 2.05) is 12.1 Å². The van der Waals surface area contributed by atoms with E-state index in [0.717, 1.165) is 54.6 Å². The molecule has 0 saturated carbocycles. The van der Waals surface area contributed by atoms with Gasteiger partial charge in [0.15, 0.2) is 6.79 Å². The van der Waals surface area contributed by atoms with Crippen molar-refractivity contribution in [2.24, 2.45) is 0 Å². The molecule has 0 unspecified atom stereocenters. The lowest BCUT2D eigenvalue weighted by atomic mass is 10.1. The SMILES string of the molecule is O=[N+]([O-])c1cc2c(c(CN3CCN(Cc4ccc(Cl)cc4)CC3)c1)OCOC2. The Kier molecular flexibility index (Phi) is 5.77. The molecule has 0 aliphatic carbocycles. The average molecular weight is 404 g/mol. The molecule has 28 heavy (non-hydrogen) atoms. The van der Waals surface area contributed by atoms with Gasteiger partial charge in [-0.25, -0.2) is 0 Å². The Balaban J connectivity index is 1.40. The normalized spacial score (nSPS) is 17.8. The lowest BCUT2D eigenvalue weighted by molar-refractivity contribution is -0.385. The van der Waals surface area contributed by atoms with Crippen LogP contribution < -0.4 is 4.74 Å². The maximum atomic E-state index is 11.3. The van der Waals surface area contributed by atoms with Crippen molar-refractivity contribution in [1.29, 1.82) is 0 Å². The van der Waals surface area contributed by atoms with Crippen LogP contribution in [0.4, 0.5) is 5.69 Å². The van der Waals surface area contributed by atoms with E-state index in [2.05, 4.69) is 21.9 Å². The summed E-state index contributed by atoms with van der Waals surface area (Å²) in [5.74, 6) is 0.737. The average Bonchev–Trinajstić information content (AvgIpc) is 2.71. The standard InChI is InChI=1S/C20H22ClN3O4/c21-18-3-1-15(2-4-18)11-22-5-7-23(8-6-22)12-16-9-19(24(25)26)10-17-13-27-14-28-20(16)17/h1-4,9-10H,5-8,11-14H2. The zero-order valence-corrected chi connectivity index (χ0v) is 16.2. The molecule has 0 aromatic heterocycles. The highest BCUT2D eigenvalue weighted by atomic mass is 35.5. The van der Waals surface area contributed by atoms with Gasteiger partial charge < -0.3 is 9.47 Å².